The van der Waals surface area contributed by atoms with Gasteiger partial charge in [0.2, 0.25) is 0 Å². The number of nitriles is 1. The standard InChI is InChI=1S/C16H22N2O2/c1-13-5-6-14(2)15(11-13)16(19)12-18(8-4-7-17)9-10-20-3/h5-6,11H,4,8-10,12H2,1-3H3. The van der Waals surface area contributed by atoms with Crippen LogP contribution in [0.3, 0.4) is 0 Å². The maximum absolute atomic E-state index is 12.4. The number of ether oxygens (including phenoxy) is 1. The number of ketones is 1. The fourth-order valence-electron chi connectivity index (χ4n) is 2.02. The molecular formula is C16H22N2O2. The molecule has 0 atom stereocenters. The Kier molecular flexibility index (Phi) is 6.92. The minimum absolute atomic E-state index is 0.0974. The summed E-state index contributed by atoms with van der Waals surface area (Å²) in [4.78, 5) is 14.4. The van der Waals surface area contributed by atoms with Crippen LogP contribution in [0.2, 0.25) is 0 Å². The van der Waals surface area contributed by atoms with E-state index < -0.39 is 0 Å². The van der Waals surface area contributed by atoms with E-state index in [-0.39, 0.29) is 5.78 Å². The number of benzene rings is 1. The molecule has 0 radical (unpaired) electrons. The van der Waals surface area contributed by atoms with Gasteiger partial charge >= 0.3 is 0 Å². The monoisotopic (exact) mass is 274 g/mol. The Bertz CT molecular complexity index is 492. The summed E-state index contributed by atoms with van der Waals surface area (Å²) in [5, 5.41) is 8.68. The molecule has 0 aliphatic heterocycles. The molecule has 1 rings (SSSR count). The Morgan fingerprint density at radius 2 is 2.10 bits per heavy atom. The van der Waals surface area contributed by atoms with E-state index in [4.69, 9.17) is 10.00 Å². The summed E-state index contributed by atoms with van der Waals surface area (Å²) in [7, 11) is 1.63. The zero-order valence-electron chi connectivity index (χ0n) is 12.5. The summed E-state index contributed by atoms with van der Waals surface area (Å²) in [6.07, 6.45) is 0.420. The van der Waals surface area contributed by atoms with Gasteiger partial charge in [-0.1, -0.05) is 17.7 Å². The molecule has 1 aromatic rings. The van der Waals surface area contributed by atoms with Gasteiger partial charge in [0.15, 0.2) is 5.78 Å². The van der Waals surface area contributed by atoms with E-state index in [1.165, 1.54) is 0 Å². The van der Waals surface area contributed by atoms with Crippen LogP contribution in [0.4, 0.5) is 0 Å². The van der Waals surface area contributed by atoms with Crippen LogP contribution >= 0.6 is 0 Å². The van der Waals surface area contributed by atoms with Gasteiger partial charge in [-0.2, -0.15) is 5.26 Å². The highest BCUT2D eigenvalue weighted by Gasteiger charge is 2.14. The summed E-state index contributed by atoms with van der Waals surface area (Å²) < 4.78 is 5.05. The molecule has 4 nitrogen and oxygen atoms in total. The molecule has 0 fully saturated rings. The molecule has 0 aromatic heterocycles. The first-order chi connectivity index (χ1) is 9.58. The molecule has 108 valence electrons. The average molecular weight is 274 g/mol. The number of methoxy groups -OCH3 is 1. The maximum Gasteiger partial charge on any atom is 0.177 e. The van der Waals surface area contributed by atoms with Gasteiger partial charge in [-0.05, 0) is 25.5 Å². The minimum Gasteiger partial charge on any atom is -0.383 e. The van der Waals surface area contributed by atoms with Crippen LogP contribution in [-0.4, -0.2) is 44.0 Å². The molecule has 0 spiro atoms. The van der Waals surface area contributed by atoms with E-state index >= 15 is 0 Å². The number of rotatable bonds is 8. The molecule has 0 N–H and O–H groups in total. The Morgan fingerprint density at radius 1 is 1.35 bits per heavy atom. The second-order valence-corrected chi connectivity index (χ2v) is 4.92. The number of Topliss-reactive ketones (excluding diaryl/α,β-unsaturated/α-hetero) is 1. The van der Waals surface area contributed by atoms with Gasteiger partial charge in [0.05, 0.1) is 19.2 Å². The Balaban J connectivity index is 2.73. The molecule has 0 bridgehead atoms. The quantitative estimate of drug-likeness (QED) is 0.683. The number of nitrogens with zero attached hydrogens (tertiary/aromatic N) is 2. The van der Waals surface area contributed by atoms with E-state index in [0.29, 0.717) is 32.7 Å². The van der Waals surface area contributed by atoms with Crippen molar-refractivity contribution in [2.45, 2.75) is 20.3 Å². The van der Waals surface area contributed by atoms with Crippen molar-refractivity contribution >= 4 is 5.78 Å². The van der Waals surface area contributed by atoms with Gasteiger partial charge in [0, 0.05) is 32.2 Å². The normalized spacial score (nSPS) is 10.6. The molecule has 4 heteroatoms. The van der Waals surface area contributed by atoms with Gasteiger partial charge < -0.3 is 4.74 Å². The molecule has 0 saturated carbocycles. The van der Waals surface area contributed by atoms with Crippen molar-refractivity contribution in [3.05, 3.63) is 34.9 Å². The molecule has 20 heavy (non-hydrogen) atoms. The number of carbonyl (C=O) groups is 1. The number of hydrogen-bond acceptors (Lipinski definition) is 4. The predicted molar refractivity (Wildman–Crippen MR) is 78.8 cm³/mol. The number of hydrogen-bond donors (Lipinski definition) is 0. The van der Waals surface area contributed by atoms with Crippen LogP contribution in [0.5, 0.6) is 0 Å². The number of aryl methyl sites for hydroxylation is 2. The summed E-state index contributed by atoms with van der Waals surface area (Å²) in [5.74, 6) is 0.0974. The highest BCUT2D eigenvalue weighted by Crippen LogP contribution is 2.12. The van der Waals surface area contributed by atoms with Gasteiger partial charge in [-0.25, -0.2) is 0 Å². The first kappa shape index (κ1) is 16.4. The lowest BCUT2D eigenvalue weighted by Gasteiger charge is -2.20. The molecule has 0 heterocycles. The van der Waals surface area contributed by atoms with E-state index in [0.717, 1.165) is 16.7 Å². The molecule has 0 unspecified atom stereocenters. The predicted octanol–water partition coefficient (Wildman–Crippen LogP) is 2.35. The minimum atomic E-state index is 0.0974. The van der Waals surface area contributed by atoms with E-state index in [1.807, 2.05) is 36.9 Å². The average Bonchev–Trinajstić information content (AvgIpc) is 2.44. The van der Waals surface area contributed by atoms with Gasteiger partial charge in [-0.15, -0.1) is 0 Å². The molecule has 0 saturated heterocycles. The largest absolute Gasteiger partial charge is 0.383 e. The summed E-state index contributed by atoms with van der Waals surface area (Å²) in [5.41, 5.74) is 2.84. The van der Waals surface area contributed by atoms with Crippen LogP contribution in [0.1, 0.15) is 27.9 Å². The second-order valence-electron chi connectivity index (χ2n) is 4.92. The third-order valence-corrected chi connectivity index (χ3v) is 3.21. The van der Waals surface area contributed by atoms with Gasteiger partial charge in [0.1, 0.15) is 0 Å². The van der Waals surface area contributed by atoms with Crippen LogP contribution in [0.25, 0.3) is 0 Å². The zero-order chi connectivity index (χ0) is 15.0. The molecule has 0 aliphatic carbocycles. The third-order valence-electron chi connectivity index (χ3n) is 3.21. The third kappa shape index (κ3) is 5.12. The lowest BCUT2D eigenvalue weighted by molar-refractivity contribution is 0.0897. The Morgan fingerprint density at radius 3 is 2.75 bits per heavy atom. The van der Waals surface area contributed by atoms with E-state index in [1.54, 1.807) is 7.11 Å². The summed E-state index contributed by atoms with van der Waals surface area (Å²) >= 11 is 0. The topological polar surface area (TPSA) is 53.3 Å². The van der Waals surface area contributed by atoms with E-state index in [2.05, 4.69) is 6.07 Å². The van der Waals surface area contributed by atoms with E-state index in [9.17, 15) is 4.79 Å². The maximum atomic E-state index is 12.4. The van der Waals surface area contributed by atoms with Gasteiger partial charge in [0.25, 0.3) is 0 Å². The fourth-order valence-corrected chi connectivity index (χ4v) is 2.02. The van der Waals surface area contributed by atoms with Crippen molar-refractivity contribution < 1.29 is 9.53 Å². The van der Waals surface area contributed by atoms with Crippen molar-refractivity contribution in [3.63, 3.8) is 0 Å². The van der Waals surface area contributed by atoms with Gasteiger partial charge in [-0.3, -0.25) is 9.69 Å². The highest BCUT2D eigenvalue weighted by molar-refractivity contribution is 5.99. The fraction of sp³-hybridized carbons (Fsp3) is 0.500. The SMILES string of the molecule is COCCN(CCC#N)CC(=O)c1cc(C)ccc1C. The van der Waals surface area contributed by atoms with Crippen molar-refractivity contribution in [3.8, 4) is 6.07 Å². The van der Waals surface area contributed by atoms with Crippen LogP contribution in [0, 0.1) is 25.2 Å². The van der Waals surface area contributed by atoms with Crippen molar-refractivity contribution in [2.75, 3.05) is 33.4 Å². The lowest BCUT2D eigenvalue weighted by atomic mass is 10.0. The van der Waals surface area contributed by atoms with Crippen molar-refractivity contribution in [1.82, 2.24) is 4.90 Å². The zero-order valence-corrected chi connectivity index (χ0v) is 12.5. The smallest absolute Gasteiger partial charge is 0.177 e. The van der Waals surface area contributed by atoms with Crippen LogP contribution in [-0.2, 0) is 4.74 Å². The number of carbonyl (C=O) groups excluding carboxylic acids is 1. The summed E-state index contributed by atoms with van der Waals surface area (Å²) in [6, 6.07) is 8.02. The van der Waals surface area contributed by atoms with Crippen molar-refractivity contribution in [1.29, 1.82) is 5.26 Å². The molecule has 0 amide bonds. The lowest BCUT2D eigenvalue weighted by Crippen LogP contribution is -2.33. The summed E-state index contributed by atoms with van der Waals surface area (Å²) in [6.45, 7) is 6.07. The Hall–Kier alpha value is -1.70. The van der Waals surface area contributed by atoms with Crippen LogP contribution in [0.15, 0.2) is 18.2 Å². The first-order valence-corrected chi connectivity index (χ1v) is 6.77. The second kappa shape index (κ2) is 8.47. The highest BCUT2D eigenvalue weighted by atomic mass is 16.5. The molecule has 1 aromatic carbocycles. The Labute approximate surface area is 121 Å². The van der Waals surface area contributed by atoms with Crippen molar-refractivity contribution in [2.24, 2.45) is 0 Å². The molecular weight excluding hydrogens is 252 g/mol. The molecule has 0 aliphatic rings. The first-order valence-electron chi connectivity index (χ1n) is 6.77. The van der Waals surface area contributed by atoms with Crippen LogP contribution < -0.4 is 0 Å².